The lowest BCUT2D eigenvalue weighted by atomic mass is 10.1. The molecular weight excluding hydrogens is 232 g/mol. The predicted octanol–water partition coefficient (Wildman–Crippen LogP) is 0.747. The highest BCUT2D eigenvalue weighted by atomic mass is 16.5. The minimum Gasteiger partial charge on any atom is -0.384 e. The lowest BCUT2D eigenvalue weighted by Crippen LogP contribution is -2.28. The van der Waals surface area contributed by atoms with Crippen LogP contribution in [-0.2, 0) is 9.47 Å². The van der Waals surface area contributed by atoms with Gasteiger partial charge in [-0.3, -0.25) is 5.41 Å². The second-order valence-electron chi connectivity index (χ2n) is 3.96. The summed E-state index contributed by atoms with van der Waals surface area (Å²) in [6.07, 6.45) is 1.61. The number of aryl methyl sites for hydroxylation is 1. The summed E-state index contributed by atoms with van der Waals surface area (Å²) in [5, 5.41) is 10.7. The molecule has 0 aliphatic carbocycles. The van der Waals surface area contributed by atoms with Crippen LogP contribution in [-0.4, -0.2) is 44.3 Å². The molecule has 18 heavy (non-hydrogen) atoms. The molecule has 0 amide bonds. The number of rotatable bonds is 7. The Bertz CT molecular complexity index is 409. The van der Waals surface area contributed by atoms with Crippen LogP contribution in [0.2, 0.25) is 0 Å². The van der Waals surface area contributed by atoms with Gasteiger partial charge in [-0.15, -0.1) is 0 Å². The summed E-state index contributed by atoms with van der Waals surface area (Å²) in [6, 6.07) is 1.82. The van der Waals surface area contributed by atoms with Gasteiger partial charge in [-0.05, 0) is 18.6 Å². The van der Waals surface area contributed by atoms with Gasteiger partial charge in [0, 0.05) is 27.0 Å². The van der Waals surface area contributed by atoms with Crippen molar-refractivity contribution in [3.8, 4) is 0 Å². The van der Waals surface area contributed by atoms with Crippen LogP contribution in [0.4, 0.5) is 5.82 Å². The third-order valence-corrected chi connectivity index (χ3v) is 2.61. The number of ether oxygens (including phenoxy) is 2. The molecule has 100 valence electrons. The number of methoxy groups -OCH3 is 2. The van der Waals surface area contributed by atoms with E-state index < -0.39 is 0 Å². The van der Waals surface area contributed by atoms with Crippen LogP contribution in [0.5, 0.6) is 0 Å². The summed E-state index contributed by atoms with van der Waals surface area (Å²) < 4.78 is 10.3. The van der Waals surface area contributed by atoms with E-state index in [0.29, 0.717) is 24.5 Å². The van der Waals surface area contributed by atoms with Gasteiger partial charge in [0.05, 0.1) is 18.3 Å². The van der Waals surface area contributed by atoms with Crippen LogP contribution < -0.4 is 11.1 Å². The molecule has 1 unspecified atom stereocenters. The first-order chi connectivity index (χ1) is 8.60. The largest absolute Gasteiger partial charge is 0.384 e. The van der Waals surface area contributed by atoms with Gasteiger partial charge in [-0.25, -0.2) is 4.98 Å². The molecule has 1 aromatic rings. The third-order valence-electron chi connectivity index (χ3n) is 2.61. The Labute approximate surface area is 107 Å². The molecule has 0 spiro atoms. The fraction of sp³-hybridized carbons (Fsp3) is 0.500. The maximum absolute atomic E-state index is 7.57. The molecule has 0 radical (unpaired) electrons. The van der Waals surface area contributed by atoms with Crippen LogP contribution in [0.3, 0.4) is 0 Å². The summed E-state index contributed by atoms with van der Waals surface area (Å²) >= 11 is 0. The number of aromatic nitrogens is 1. The van der Waals surface area contributed by atoms with Gasteiger partial charge < -0.3 is 20.5 Å². The van der Waals surface area contributed by atoms with Crippen molar-refractivity contribution in [2.75, 3.05) is 32.7 Å². The van der Waals surface area contributed by atoms with E-state index in [2.05, 4.69) is 10.3 Å². The number of nitrogen functional groups attached to an aromatic ring is 1. The van der Waals surface area contributed by atoms with Crippen molar-refractivity contribution in [3.05, 3.63) is 23.4 Å². The van der Waals surface area contributed by atoms with Gasteiger partial charge in [0.2, 0.25) is 0 Å². The van der Waals surface area contributed by atoms with Gasteiger partial charge in [0.15, 0.2) is 0 Å². The molecule has 1 heterocycles. The second kappa shape index (κ2) is 6.93. The minimum atomic E-state index is -0.0721. The molecule has 1 atom stereocenters. The first-order valence-corrected chi connectivity index (χ1v) is 5.65. The minimum absolute atomic E-state index is 0.00353. The first kappa shape index (κ1) is 14.4. The second-order valence-corrected chi connectivity index (χ2v) is 3.96. The van der Waals surface area contributed by atoms with Gasteiger partial charge in [-0.2, -0.15) is 0 Å². The summed E-state index contributed by atoms with van der Waals surface area (Å²) in [6.45, 7) is 2.93. The van der Waals surface area contributed by atoms with Crippen molar-refractivity contribution < 1.29 is 9.47 Å². The van der Waals surface area contributed by atoms with Crippen molar-refractivity contribution in [2.24, 2.45) is 5.73 Å². The van der Waals surface area contributed by atoms with Crippen molar-refractivity contribution in [2.45, 2.75) is 13.0 Å². The maximum Gasteiger partial charge on any atom is 0.137 e. The summed E-state index contributed by atoms with van der Waals surface area (Å²) in [7, 11) is 3.25. The van der Waals surface area contributed by atoms with E-state index >= 15 is 0 Å². The van der Waals surface area contributed by atoms with Gasteiger partial charge in [0.1, 0.15) is 11.7 Å². The topological polar surface area (TPSA) is 93.2 Å². The van der Waals surface area contributed by atoms with Crippen LogP contribution in [0, 0.1) is 12.3 Å². The number of nitrogens with zero attached hydrogens (tertiary/aromatic N) is 1. The van der Waals surface area contributed by atoms with Crippen LogP contribution in [0.1, 0.15) is 11.1 Å². The van der Waals surface area contributed by atoms with Gasteiger partial charge in [0.25, 0.3) is 0 Å². The molecular formula is C12H20N4O2. The van der Waals surface area contributed by atoms with E-state index in [0.717, 1.165) is 5.56 Å². The molecule has 1 rings (SSSR count). The Kier molecular flexibility index (Phi) is 5.54. The van der Waals surface area contributed by atoms with Crippen LogP contribution in [0.15, 0.2) is 12.3 Å². The Hall–Kier alpha value is -1.66. The number of amidine groups is 1. The number of hydrogen-bond acceptors (Lipinski definition) is 5. The molecule has 0 aliphatic rings. The molecule has 0 saturated carbocycles. The molecule has 0 aromatic carbocycles. The Morgan fingerprint density at radius 2 is 2.28 bits per heavy atom. The SMILES string of the molecule is COCC(CNc1nccc(C)c1C(=N)N)OC. The zero-order valence-corrected chi connectivity index (χ0v) is 11.0. The van der Waals surface area contributed by atoms with Crippen LogP contribution >= 0.6 is 0 Å². The standard InChI is InChI=1S/C12H20N4O2/c1-8-4-5-15-12(10(8)11(13)14)16-6-9(18-3)7-17-2/h4-5,9H,6-7H2,1-3H3,(H3,13,14)(H,15,16). The Balaban J connectivity index is 2.78. The zero-order chi connectivity index (χ0) is 13.5. The zero-order valence-electron chi connectivity index (χ0n) is 11.0. The predicted molar refractivity (Wildman–Crippen MR) is 71.2 cm³/mol. The van der Waals surface area contributed by atoms with Crippen LogP contribution in [0.25, 0.3) is 0 Å². The molecule has 0 aliphatic heterocycles. The summed E-state index contributed by atoms with van der Waals surface area (Å²) in [5.41, 5.74) is 7.11. The average molecular weight is 252 g/mol. The molecule has 0 fully saturated rings. The van der Waals surface area contributed by atoms with Crippen molar-refractivity contribution in [1.29, 1.82) is 5.41 Å². The van der Waals surface area contributed by atoms with E-state index in [4.69, 9.17) is 20.6 Å². The highest BCUT2D eigenvalue weighted by Crippen LogP contribution is 2.15. The summed E-state index contributed by atoms with van der Waals surface area (Å²) in [4.78, 5) is 4.20. The number of nitrogens with one attached hydrogen (secondary N) is 2. The maximum atomic E-state index is 7.57. The van der Waals surface area contributed by atoms with Gasteiger partial charge in [-0.1, -0.05) is 0 Å². The lowest BCUT2D eigenvalue weighted by Gasteiger charge is -2.17. The summed E-state index contributed by atoms with van der Waals surface area (Å²) in [5.74, 6) is 0.601. The normalized spacial score (nSPS) is 12.2. The smallest absolute Gasteiger partial charge is 0.137 e. The molecule has 4 N–H and O–H groups in total. The fourth-order valence-corrected chi connectivity index (χ4v) is 1.64. The fourth-order valence-electron chi connectivity index (χ4n) is 1.64. The van der Waals surface area contributed by atoms with E-state index in [1.807, 2.05) is 13.0 Å². The first-order valence-electron chi connectivity index (χ1n) is 5.65. The van der Waals surface area contributed by atoms with E-state index in [9.17, 15) is 0 Å². The Morgan fingerprint density at radius 1 is 1.56 bits per heavy atom. The lowest BCUT2D eigenvalue weighted by molar-refractivity contribution is 0.0365. The molecule has 1 aromatic heterocycles. The molecule has 0 bridgehead atoms. The van der Waals surface area contributed by atoms with E-state index in [1.54, 1.807) is 20.4 Å². The van der Waals surface area contributed by atoms with Crippen molar-refractivity contribution in [3.63, 3.8) is 0 Å². The van der Waals surface area contributed by atoms with Crippen molar-refractivity contribution in [1.82, 2.24) is 4.98 Å². The number of pyridine rings is 1. The molecule has 0 saturated heterocycles. The van der Waals surface area contributed by atoms with E-state index in [-0.39, 0.29) is 11.9 Å². The number of hydrogen-bond donors (Lipinski definition) is 3. The monoisotopic (exact) mass is 252 g/mol. The average Bonchev–Trinajstić information content (AvgIpc) is 2.33. The number of anilines is 1. The third kappa shape index (κ3) is 3.68. The Morgan fingerprint density at radius 3 is 2.83 bits per heavy atom. The van der Waals surface area contributed by atoms with E-state index in [1.165, 1.54) is 0 Å². The quantitative estimate of drug-likeness (QED) is 0.492. The van der Waals surface area contributed by atoms with Gasteiger partial charge >= 0.3 is 0 Å². The number of nitrogens with two attached hydrogens (primary N) is 1. The van der Waals surface area contributed by atoms with Crippen molar-refractivity contribution >= 4 is 11.7 Å². The molecule has 6 heteroatoms. The highest BCUT2D eigenvalue weighted by Gasteiger charge is 2.12. The molecule has 6 nitrogen and oxygen atoms in total. The highest BCUT2D eigenvalue weighted by molar-refractivity contribution is 6.00.